The van der Waals surface area contributed by atoms with Crippen molar-refractivity contribution in [2.75, 3.05) is 5.73 Å². The molecule has 1 aliphatic rings. The van der Waals surface area contributed by atoms with Gasteiger partial charge in [-0.15, -0.1) is 0 Å². The van der Waals surface area contributed by atoms with Crippen LogP contribution in [0.3, 0.4) is 0 Å². The maximum atomic E-state index is 11.3. The zero-order chi connectivity index (χ0) is 20.1. The number of hydrogen-bond acceptors (Lipinski definition) is 5. The number of nitrogens with two attached hydrogens (primary N) is 1. The van der Waals surface area contributed by atoms with E-state index >= 15 is 0 Å². The summed E-state index contributed by atoms with van der Waals surface area (Å²) in [4.78, 5) is 23.8. The molecule has 0 saturated heterocycles. The van der Waals surface area contributed by atoms with Crippen LogP contribution in [0.2, 0.25) is 0 Å². The Kier molecular flexibility index (Phi) is 4.27. The second-order valence-electron chi connectivity index (χ2n) is 7.50. The average Bonchev–Trinajstić information content (AvgIpc) is 3.31. The van der Waals surface area contributed by atoms with Gasteiger partial charge in [-0.2, -0.15) is 5.10 Å². The number of carboxylic acids is 1. The Morgan fingerprint density at radius 1 is 1.28 bits per heavy atom. The number of aromatic nitrogens is 5. The van der Waals surface area contributed by atoms with E-state index in [1.165, 1.54) is 6.33 Å². The smallest absolute Gasteiger partial charge is 0.306 e. The lowest BCUT2D eigenvalue weighted by molar-refractivity contribution is -0.142. The molecule has 1 aromatic carbocycles. The summed E-state index contributed by atoms with van der Waals surface area (Å²) in [5.74, 6) is 0.323. The molecule has 4 aromatic rings. The molecule has 0 unspecified atom stereocenters. The quantitative estimate of drug-likeness (QED) is 0.430. The fourth-order valence-corrected chi connectivity index (χ4v) is 4.76. The molecule has 4 N–H and O–H groups in total. The lowest BCUT2D eigenvalue weighted by Crippen LogP contribution is -2.21. The Labute approximate surface area is 174 Å². The van der Waals surface area contributed by atoms with Gasteiger partial charge in [0.05, 0.1) is 17.1 Å². The highest BCUT2D eigenvalue weighted by Gasteiger charge is 2.31. The highest BCUT2D eigenvalue weighted by Crippen LogP contribution is 2.38. The minimum atomic E-state index is -0.715. The molecule has 9 heteroatoms. The van der Waals surface area contributed by atoms with Crippen LogP contribution in [-0.2, 0) is 4.79 Å². The van der Waals surface area contributed by atoms with E-state index in [0.717, 1.165) is 39.7 Å². The first kappa shape index (κ1) is 18.1. The predicted molar refractivity (Wildman–Crippen MR) is 113 cm³/mol. The Hall–Kier alpha value is -2.94. The van der Waals surface area contributed by atoms with Crippen molar-refractivity contribution in [1.82, 2.24) is 24.6 Å². The molecule has 148 valence electrons. The van der Waals surface area contributed by atoms with Gasteiger partial charge in [0.15, 0.2) is 5.82 Å². The first-order chi connectivity index (χ1) is 14.0. The fourth-order valence-electron chi connectivity index (χ4n) is 4.27. The Morgan fingerprint density at radius 3 is 2.79 bits per heavy atom. The second kappa shape index (κ2) is 6.84. The molecule has 0 bridgehead atoms. The van der Waals surface area contributed by atoms with Gasteiger partial charge >= 0.3 is 5.97 Å². The number of carbonyl (C=O) groups is 1. The maximum absolute atomic E-state index is 11.3. The molecule has 0 radical (unpaired) electrons. The third-order valence-corrected chi connectivity index (χ3v) is 6.45. The van der Waals surface area contributed by atoms with Gasteiger partial charge in [-0.1, -0.05) is 12.1 Å². The molecule has 8 nitrogen and oxygen atoms in total. The molecule has 0 atom stereocenters. The van der Waals surface area contributed by atoms with E-state index in [0.29, 0.717) is 29.9 Å². The molecule has 0 spiro atoms. The highest BCUT2D eigenvalue weighted by atomic mass is 79.9. The van der Waals surface area contributed by atoms with E-state index in [4.69, 9.17) is 10.7 Å². The molecule has 1 fully saturated rings. The summed E-state index contributed by atoms with van der Waals surface area (Å²) in [5.41, 5.74) is 9.42. The average molecular weight is 455 g/mol. The zero-order valence-corrected chi connectivity index (χ0v) is 17.1. The number of rotatable bonds is 3. The molecule has 5 rings (SSSR count). The summed E-state index contributed by atoms with van der Waals surface area (Å²) < 4.78 is 2.74. The van der Waals surface area contributed by atoms with Crippen molar-refractivity contribution >= 4 is 44.1 Å². The van der Waals surface area contributed by atoms with Gasteiger partial charge in [-0.3, -0.25) is 4.79 Å². The number of nitrogens with zero attached hydrogens (tertiary/aromatic N) is 4. The van der Waals surface area contributed by atoms with E-state index in [1.54, 1.807) is 4.52 Å². The number of benzene rings is 1. The van der Waals surface area contributed by atoms with Crippen molar-refractivity contribution in [1.29, 1.82) is 0 Å². The summed E-state index contributed by atoms with van der Waals surface area (Å²) in [6, 6.07) is 8.04. The Morgan fingerprint density at radius 2 is 2.07 bits per heavy atom. The van der Waals surface area contributed by atoms with E-state index in [2.05, 4.69) is 31.0 Å². The highest BCUT2D eigenvalue weighted by molar-refractivity contribution is 9.10. The first-order valence-corrected chi connectivity index (χ1v) is 10.3. The van der Waals surface area contributed by atoms with Gasteiger partial charge in [-0.25, -0.2) is 14.5 Å². The number of para-hydroxylation sites is 1. The molecular weight excluding hydrogens is 436 g/mol. The van der Waals surface area contributed by atoms with Crippen LogP contribution in [0.1, 0.15) is 37.4 Å². The number of H-pyrrole nitrogens is 1. The first-order valence-electron chi connectivity index (χ1n) is 9.52. The fraction of sp³-hybridized carbons (Fsp3) is 0.300. The number of aromatic amines is 1. The lowest BCUT2D eigenvalue weighted by Gasteiger charge is -2.24. The summed E-state index contributed by atoms with van der Waals surface area (Å²) in [7, 11) is 0. The second-order valence-corrected chi connectivity index (χ2v) is 8.35. The van der Waals surface area contributed by atoms with Crippen molar-refractivity contribution in [3.63, 3.8) is 0 Å². The van der Waals surface area contributed by atoms with Crippen molar-refractivity contribution in [2.45, 2.75) is 31.6 Å². The summed E-state index contributed by atoms with van der Waals surface area (Å²) in [6.07, 6.45) is 4.24. The summed E-state index contributed by atoms with van der Waals surface area (Å²) in [5, 5.41) is 14.8. The van der Waals surface area contributed by atoms with Gasteiger partial charge in [0.2, 0.25) is 0 Å². The number of fused-ring (bicyclic) bond motifs is 2. The van der Waals surface area contributed by atoms with Crippen LogP contribution in [0.4, 0.5) is 5.82 Å². The van der Waals surface area contributed by atoms with Crippen molar-refractivity contribution in [2.24, 2.45) is 5.92 Å². The van der Waals surface area contributed by atoms with Crippen LogP contribution in [0.5, 0.6) is 0 Å². The molecule has 0 aliphatic heterocycles. The van der Waals surface area contributed by atoms with E-state index < -0.39 is 5.97 Å². The Balaban J connectivity index is 1.63. The zero-order valence-electron chi connectivity index (χ0n) is 15.5. The SMILES string of the molecule is Nc1ncnn2c1c(-c1cc3cccc(Br)c3[nH]1)nc2[C@H]1CC[C@H](C(=O)O)CC1. The van der Waals surface area contributed by atoms with Gasteiger partial charge in [0.25, 0.3) is 0 Å². The van der Waals surface area contributed by atoms with Crippen LogP contribution in [-0.4, -0.2) is 35.6 Å². The van der Waals surface area contributed by atoms with Gasteiger partial charge in [0, 0.05) is 15.8 Å². The topological polar surface area (TPSA) is 122 Å². The molecule has 3 heterocycles. The van der Waals surface area contributed by atoms with E-state index in [9.17, 15) is 9.90 Å². The minimum absolute atomic E-state index is 0.136. The molecule has 1 saturated carbocycles. The number of imidazole rings is 1. The number of carboxylic acid groups (broad SMARTS) is 1. The number of nitrogen functional groups attached to an aromatic ring is 1. The third-order valence-electron chi connectivity index (χ3n) is 5.79. The van der Waals surface area contributed by atoms with Crippen molar-refractivity contribution in [3.8, 4) is 11.4 Å². The minimum Gasteiger partial charge on any atom is -0.481 e. The number of halogens is 1. The Bertz CT molecular complexity index is 1240. The lowest BCUT2D eigenvalue weighted by atomic mass is 9.82. The third kappa shape index (κ3) is 2.96. The van der Waals surface area contributed by atoms with E-state index in [1.807, 2.05) is 24.3 Å². The van der Waals surface area contributed by atoms with E-state index in [-0.39, 0.29) is 11.8 Å². The molecular formula is C20H19BrN6O2. The van der Waals surface area contributed by atoms with Crippen LogP contribution in [0, 0.1) is 5.92 Å². The normalized spacial score (nSPS) is 19.8. The summed E-state index contributed by atoms with van der Waals surface area (Å²) >= 11 is 3.58. The largest absolute Gasteiger partial charge is 0.481 e. The van der Waals surface area contributed by atoms with Gasteiger partial charge < -0.3 is 15.8 Å². The van der Waals surface area contributed by atoms with Crippen LogP contribution >= 0.6 is 15.9 Å². The monoisotopic (exact) mass is 454 g/mol. The molecule has 29 heavy (non-hydrogen) atoms. The molecule has 3 aromatic heterocycles. The van der Waals surface area contributed by atoms with Gasteiger partial charge in [-0.05, 0) is 53.7 Å². The van der Waals surface area contributed by atoms with Crippen LogP contribution < -0.4 is 5.73 Å². The number of anilines is 1. The summed E-state index contributed by atoms with van der Waals surface area (Å²) in [6.45, 7) is 0. The van der Waals surface area contributed by atoms with Crippen LogP contribution in [0.15, 0.2) is 35.1 Å². The maximum Gasteiger partial charge on any atom is 0.306 e. The number of aliphatic carboxylic acids is 1. The molecule has 1 aliphatic carbocycles. The van der Waals surface area contributed by atoms with Gasteiger partial charge in [0.1, 0.15) is 23.4 Å². The van der Waals surface area contributed by atoms with Crippen molar-refractivity contribution < 1.29 is 9.90 Å². The van der Waals surface area contributed by atoms with Crippen molar-refractivity contribution in [3.05, 3.63) is 40.9 Å². The predicted octanol–water partition coefficient (Wildman–Crippen LogP) is 3.98. The standard InChI is InChI=1S/C20H19BrN6O2/c21-13-3-1-2-12-8-14(25-15(12)13)16-17-18(22)23-9-24-27(17)19(26-16)10-4-6-11(7-5-10)20(28)29/h1-3,8-11,25H,4-7H2,(H,28,29)(H2,22,23,24)/t10-,11-. The van der Waals surface area contributed by atoms with Crippen LogP contribution in [0.25, 0.3) is 27.8 Å². The number of nitrogens with one attached hydrogen (secondary N) is 1. The number of hydrogen-bond donors (Lipinski definition) is 3. The molecule has 0 amide bonds.